The summed E-state index contributed by atoms with van der Waals surface area (Å²) in [5.41, 5.74) is 2.99. The molecule has 1 aliphatic heterocycles. The van der Waals surface area contributed by atoms with E-state index in [1.165, 1.54) is 5.56 Å². The second-order valence-corrected chi connectivity index (χ2v) is 6.22. The van der Waals surface area contributed by atoms with Gasteiger partial charge >= 0.3 is 0 Å². The maximum Gasteiger partial charge on any atom is 0.250 e. The molecule has 0 aromatic heterocycles. The van der Waals surface area contributed by atoms with Gasteiger partial charge in [-0.2, -0.15) is 0 Å². The van der Waals surface area contributed by atoms with Gasteiger partial charge in [0.05, 0.1) is 13.2 Å². The normalized spacial score (nSPS) is 18.0. The first-order chi connectivity index (χ1) is 12.3. The molecule has 1 heterocycles. The lowest BCUT2D eigenvalue weighted by Gasteiger charge is -2.32. The number of aliphatic hydroxyl groups is 1. The molecule has 1 fully saturated rings. The van der Waals surface area contributed by atoms with Gasteiger partial charge in [0, 0.05) is 26.2 Å². The number of nitrogens with one attached hydrogen (secondary N) is 1. The van der Waals surface area contributed by atoms with E-state index in [1.807, 2.05) is 42.5 Å². The number of nitrogens with zero attached hydrogens (tertiary/aromatic N) is 1. The van der Waals surface area contributed by atoms with Crippen molar-refractivity contribution in [1.29, 1.82) is 0 Å². The van der Waals surface area contributed by atoms with Crippen molar-refractivity contribution in [2.45, 2.75) is 25.8 Å². The van der Waals surface area contributed by atoms with Crippen LogP contribution in [0.3, 0.4) is 0 Å². The molecule has 1 amide bonds. The summed E-state index contributed by atoms with van der Waals surface area (Å²) >= 11 is 0. The summed E-state index contributed by atoms with van der Waals surface area (Å²) in [7, 11) is 0. The molecule has 1 atom stereocenters. The lowest BCUT2D eigenvalue weighted by molar-refractivity contribution is -0.139. The molecule has 2 aromatic rings. The molecule has 5 nitrogen and oxygen atoms in total. The van der Waals surface area contributed by atoms with Crippen LogP contribution in [0.15, 0.2) is 54.6 Å². The minimum atomic E-state index is -0.459. The number of hydrogen-bond acceptors (Lipinski definition) is 4. The lowest BCUT2D eigenvalue weighted by Crippen LogP contribution is -2.49. The Balaban J connectivity index is 1.53. The monoisotopic (exact) mass is 340 g/mol. The highest BCUT2D eigenvalue weighted by Crippen LogP contribution is 2.12. The maximum absolute atomic E-state index is 12.4. The van der Waals surface area contributed by atoms with Crippen LogP contribution in [0.25, 0.3) is 0 Å². The minimum absolute atomic E-state index is 0.0309. The van der Waals surface area contributed by atoms with Gasteiger partial charge in [0.1, 0.15) is 6.10 Å². The molecule has 1 unspecified atom stereocenters. The van der Waals surface area contributed by atoms with Crippen LogP contribution >= 0.6 is 0 Å². The Bertz CT molecular complexity index is 690. The molecule has 5 heteroatoms. The number of carbonyl (C=O) groups is 1. The van der Waals surface area contributed by atoms with Crippen LogP contribution in [-0.4, -0.2) is 41.7 Å². The molecule has 1 saturated heterocycles. The summed E-state index contributed by atoms with van der Waals surface area (Å²) in [5, 5.41) is 12.3. The topological polar surface area (TPSA) is 61.8 Å². The summed E-state index contributed by atoms with van der Waals surface area (Å²) in [6.45, 7) is 3.15. The van der Waals surface area contributed by atoms with E-state index in [-0.39, 0.29) is 12.5 Å². The molecular formula is C20H24N2O3. The quantitative estimate of drug-likeness (QED) is 0.840. The van der Waals surface area contributed by atoms with Crippen LogP contribution in [0.2, 0.25) is 0 Å². The highest BCUT2D eigenvalue weighted by Gasteiger charge is 2.26. The molecule has 2 N–H and O–H groups in total. The number of morpholine rings is 1. The van der Waals surface area contributed by atoms with Crippen molar-refractivity contribution in [3.8, 4) is 0 Å². The van der Waals surface area contributed by atoms with Crippen LogP contribution < -0.4 is 5.32 Å². The first kappa shape index (κ1) is 17.6. The van der Waals surface area contributed by atoms with Crippen molar-refractivity contribution in [3.05, 3.63) is 71.3 Å². The van der Waals surface area contributed by atoms with E-state index < -0.39 is 6.10 Å². The molecule has 0 aliphatic carbocycles. The number of aliphatic hydroxyl groups excluding tert-OH is 1. The Kier molecular flexibility index (Phi) is 6.17. The zero-order chi connectivity index (χ0) is 17.5. The molecule has 132 valence electrons. The van der Waals surface area contributed by atoms with E-state index in [0.717, 1.165) is 24.2 Å². The van der Waals surface area contributed by atoms with E-state index in [9.17, 15) is 9.90 Å². The van der Waals surface area contributed by atoms with Crippen molar-refractivity contribution in [2.24, 2.45) is 0 Å². The number of rotatable bonds is 6. The average molecular weight is 340 g/mol. The van der Waals surface area contributed by atoms with Gasteiger partial charge in [0.25, 0.3) is 5.91 Å². The Morgan fingerprint density at radius 2 is 1.84 bits per heavy atom. The maximum atomic E-state index is 12.4. The number of ether oxygens (including phenoxy) is 1. The second-order valence-electron chi connectivity index (χ2n) is 6.22. The number of hydrogen-bond donors (Lipinski definition) is 2. The zero-order valence-corrected chi connectivity index (χ0v) is 14.2. The fourth-order valence-corrected chi connectivity index (χ4v) is 3.03. The predicted molar refractivity (Wildman–Crippen MR) is 95.7 cm³/mol. The molecular weight excluding hydrogens is 316 g/mol. The largest absolute Gasteiger partial charge is 0.392 e. The Hall–Kier alpha value is -2.21. The lowest BCUT2D eigenvalue weighted by atomic mass is 10.1. The predicted octanol–water partition coefficient (Wildman–Crippen LogP) is 1.70. The summed E-state index contributed by atoms with van der Waals surface area (Å²) in [4.78, 5) is 14.7. The van der Waals surface area contributed by atoms with Crippen molar-refractivity contribution in [1.82, 2.24) is 10.2 Å². The molecule has 0 spiro atoms. The second kappa shape index (κ2) is 8.76. The number of carbonyl (C=O) groups excluding carboxylic acids is 1. The third kappa shape index (κ3) is 4.89. The van der Waals surface area contributed by atoms with Crippen molar-refractivity contribution >= 4 is 5.91 Å². The fraction of sp³-hybridized carbons (Fsp3) is 0.350. The molecule has 0 saturated carbocycles. The van der Waals surface area contributed by atoms with E-state index >= 15 is 0 Å². The van der Waals surface area contributed by atoms with Gasteiger partial charge in [-0.05, 0) is 16.7 Å². The molecule has 25 heavy (non-hydrogen) atoms. The first-order valence-electron chi connectivity index (χ1n) is 8.59. The summed E-state index contributed by atoms with van der Waals surface area (Å²) < 4.78 is 5.65. The Labute approximate surface area is 148 Å². The Morgan fingerprint density at radius 1 is 1.12 bits per heavy atom. The molecule has 2 aromatic carbocycles. The van der Waals surface area contributed by atoms with E-state index in [2.05, 4.69) is 22.3 Å². The zero-order valence-electron chi connectivity index (χ0n) is 14.2. The molecule has 0 bridgehead atoms. The van der Waals surface area contributed by atoms with E-state index in [0.29, 0.717) is 19.7 Å². The van der Waals surface area contributed by atoms with E-state index in [4.69, 9.17) is 4.74 Å². The molecule has 0 radical (unpaired) electrons. The van der Waals surface area contributed by atoms with Crippen LogP contribution in [0, 0.1) is 0 Å². The highest BCUT2D eigenvalue weighted by atomic mass is 16.5. The van der Waals surface area contributed by atoms with Gasteiger partial charge in [0.2, 0.25) is 0 Å². The third-order valence-corrected chi connectivity index (χ3v) is 4.43. The van der Waals surface area contributed by atoms with Gasteiger partial charge < -0.3 is 15.2 Å². The molecule has 1 aliphatic rings. The first-order valence-corrected chi connectivity index (χ1v) is 8.59. The minimum Gasteiger partial charge on any atom is -0.392 e. The van der Waals surface area contributed by atoms with Crippen LogP contribution in [0.5, 0.6) is 0 Å². The standard InChI is InChI=1S/C20H24N2O3/c23-15-18-9-5-4-8-17(18)12-21-20(24)19-14-22(10-11-25-19)13-16-6-2-1-3-7-16/h1-9,19,23H,10-15H2,(H,21,24). The van der Waals surface area contributed by atoms with E-state index in [1.54, 1.807) is 0 Å². The SMILES string of the molecule is O=C(NCc1ccccc1CO)C1CN(Cc2ccccc2)CCO1. The van der Waals surface area contributed by atoms with Crippen molar-refractivity contribution in [2.75, 3.05) is 19.7 Å². The third-order valence-electron chi connectivity index (χ3n) is 4.43. The average Bonchev–Trinajstić information content (AvgIpc) is 2.67. The number of benzene rings is 2. The van der Waals surface area contributed by atoms with Crippen molar-refractivity contribution in [3.63, 3.8) is 0 Å². The fourth-order valence-electron chi connectivity index (χ4n) is 3.03. The highest BCUT2D eigenvalue weighted by molar-refractivity contribution is 5.81. The Morgan fingerprint density at radius 3 is 2.60 bits per heavy atom. The summed E-state index contributed by atoms with van der Waals surface area (Å²) in [6.07, 6.45) is -0.459. The van der Waals surface area contributed by atoms with Gasteiger partial charge in [-0.3, -0.25) is 9.69 Å². The van der Waals surface area contributed by atoms with Gasteiger partial charge in [-0.15, -0.1) is 0 Å². The van der Waals surface area contributed by atoms with Crippen molar-refractivity contribution < 1.29 is 14.6 Å². The van der Waals surface area contributed by atoms with Gasteiger partial charge in [-0.1, -0.05) is 54.6 Å². The van der Waals surface area contributed by atoms with Crippen LogP contribution in [-0.2, 0) is 29.2 Å². The van der Waals surface area contributed by atoms with Crippen LogP contribution in [0.1, 0.15) is 16.7 Å². The summed E-state index contributed by atoms with van der Waals surface area (Å²) in [6, 6.07) is 17.8. The molecule has 3 rings (SSSR count). The van der Waals surface area contributed by atoms with Gasteiger partial charge in [-0.25, -0.2) is 0 Å². The van der Waals surface area contributed by atoms with Crippen LogP contribution in [0.4, 0.5) is 0 Å². The number of amides is 1. The van der Waals surface area contributed by atoms with Gasteiger partial charge in [0.15, 0.2) is 0 Å². The summed E-state index contributed by atoms with van der Waals surface area (Å²) in [5.74, 6) is -0.106. The smallest absolute Gasteiger partial charge is 0.250 e.